The van der Waals surface area contributed by atoms with E-state index in [1.54, 1.807) is 0 Å². The molecule has 34 heavy (non-hydrogen) atoms. The van der Waals surface area contributed by atoms with E-state index >= 15 is 0 Å². The van der Waals surface area contributed by atoms with Crippen LogP contribution in [-0.4, -0.2) is 4.98 Å². The van der Waals surface area contributed by atoms with Crippen LogP contribution in [0.5, 0.6) is 0 Å². The molecule has 2 heterocycles. The van der Waals surface area contributed by atoms with Gasteiger partial charge in [-0.3, -0.25) is 4.98 Å². The molecule has 1 aliphatic heterocycles. The Bertz CT molecular complexity index is 1590. The molecule has 0 amide bonds. The molecule has 1 saturated carbocycles. The van der Waals surface area contributed by atoms with E-state index in [4.69, 9.17) is 4.98 Å². The van der Waals surface area contributed by atoms with E-state index in [-0.39, 0.29) is 0 Å². The molecule has 0 saturated heterocycles. The fourth-order valence-corrected chi connectivity index (χ4v) is 7.83. The second-order valence-electron chi connectivity index (χ2n) is 10.5. The lowest BCUT2D eigenvalue weighted by Crippen LogP contribution is -2.02. The van der Waals surface area contributed by atoms with Crippen LogP contribution in [-0.2, 0) is 6.42 Å². The van der Waals surface area contributed by atoms with E-state index in [2.05, 4.69) is 74.5 Å². The largest absolute Gasteiger partial charge is 0.256 e. The van der Waals surface area contributed by atoms with Gasteiger partial charge >= 0.3 is 0 Å². The number of rotatable bonds is 3. The van der Waals surface area contributed by atoms with Crippen LogP contribution in [0.2, 0.25) is 0 Å². The summed E-state index contributed by atoms with van der Waals surface area (Å²) < 4.78 is 0. The van der Waals surface area contributed by atoms with Gasteiger partial charge in [-0.15, -0.1) is 0 Å². The highest BCUT2D eigenvalue weighted by Gasteiger charge is 2.26. The standard InChI is InChI=1S/C32H29NS/c1-19(2)29-24-10-6-5-9-22(24)17-27-31-30-25(13-14-33-31)26-16-21(15-20-7-3-4-8-20)11-12-23(26)18-28(30)34-32(27)29/h5-6,9-14,16-20H,3-4,7-8,15H2,1-2H3. The molecule has 1 nitrogen and oxygen atoms in total. The second kappa shape index (κ2) is 7.85. The second-order valence-corrected chi connectivity index (χ2v) is 11.6. The molecule has 4 aromatic carbocycles. The third kappa shape index (κ3) is 3.11. The summed E-state index contributed by atoms with van der Waals surface area (Å²) in [5.74, 6) is 1.32. The van der Waals surface area contributed by atoms with E-state index in [1.807, 2.05) is 18.0 Å². The predicted octanol–water partition coefficient (Wildman–Crippen LogP) is 9.53. The Morgan fingerprint density at radius 2 is 1.71 bits per heavy atom. The van der Waals surface area contributed by atoms with Gasteiger partial charge in [0, 0.05) is 26.9 Å². The zero-order valence-electron chi connectivity index (χ0n) is 19.9. The quantitative estimate of drug-likeness (QED) is 0.244. The summed E-state index contributed by atoms with van der Waals surface area (Å²) in [7, 11) is 0. The van der Waals surface area contributed by atoms with Crippen molar-refractivity contribution >= 4 is 44.1 Å². The van der Waals surface area contributed by atoms with Gasteiger partial charge in [-0.05, 0) is 74.5 Å². The molecule has 1 aliphatic carbocycles. The molecule has 1 fully saturated rings. The molecule has 168 valence electrons. The third-order valence-corrected chi connectivity index (χ3v) is 9.16. The van der Waals surface area contributed by atoms with Crippen molar-refractivity contribution in [2.24, 2.45) is 5.92 Å². The van der Waals surface area contributed by atoms with Gasteiger partial charge in [-0.25, -0.2) is 0 Å². The molecule has 0 bridgehead atoms. The number of aromatic nitrogens is 1. The lowest BCUT2D eigenvalue weighted by Gasteiger charge is -2.25. The van der Waals surface area contributed by atoms with Crippen LogP contribution in [0.1, 0.15) is 56.6 Å². The highest BCUT2D eigenvalue weighted by molar-refractivity contribution is 8.00. The Balaban J connectivity index is 1.49. The van der Waals surface area contributed by atoms with Crippen molar-refractivity contribution in [2.75, 3.05) is 0 Å². The summed E-state index contributed by atoms with van der Waals surface area (Å²) >= 11 is 1.95. The average Bonchev–Trinajstić information content (AvgIpc) is 3.36. The van der Waals surface area contributed by atoms with Crippen LogP contribution in [0.25, 0.3) is 43.6 Å². The zero-order valence-corrected chi connectivity index (χ0v) is 20.7. The van der Waals surface area contributed by atoms with Crippen LogP contribution in [0, 0.1) is 5.92 Å². The van der Waals surface area contributed by atoms with Crippen LogP contribution in [0.3, 0.4) is 0 Å². The highest BCUT2D eigenvalue weighted by Crippen LogP contribution is 2.52. The first-order chi connectivity index (χ1) is 16.7. The van der Waals surface area contributed by atoms with E-state index in [0.29, 0.717) is 5.92 Å². The van der Waals surface area contributed by atoms with Crippen LogP contribution in [0.15, 0.2) is 76.7 Å². The molecule has 7 rings (SSSR count). The van der Waals surface area contributed by atoms with Crippen molar-refractivity contribution in [3.8, 4) is 11.3 Å². The molecule has 1 aromatic heterocycles. The van der Waals surface area contributed by atoms with Crippen molar-refractivity contribution in [1.29, 1.82) is 0 Å². The number of hydrogen-bond acceptors (Lipinski definition) is 2. The third-order valence-electron chi connectivity index (χ3n) is 7.98. The normalized spacial score (nSPS) is 15.6. The van der Waals surface area contributed by atoms with Gasteiger partial charge in [0.05, 0.1) is 5.69 Å². The molecule has 5 aromatic rings. The fraction of sp³-hybridized carbons (Fsp3) is 0.281. The summed E-state index contributed by atoms with van der Waals surface area (Å²) in [5.41, 5.74) is 5.39. The summed E-state index contributed by atoms with van der Waals surface area (Å²) in [6.07, 6.45) is 8.84. The fourth-order valence-electron chi connectivity index (χ4n) is 6.40. The van der Waals surface area contributed by atoms with Crippen LogP contribution >= 0.6 is 11.8 Å². The molecular weight excluding hydrogens is 430 g/mol. The smallest absolute Gasteiger partial charge is 0.0803 e. The van der Waals surface area contributed by atoms with Gasteiger partial charge in [0.25, 0.3) is 0 Å². The number of fused-ring (bicyclic) bond motifs is 5. The summed E-state index contributed by atoms with van der Waals surface area (Å²) in [5, 5.41) is 8.09. The summed E-state index contributed by atoms with van der Waals surface area (Å²) in [4.78, 5) is 7.72. The Kier molecular flexibility index (Phi) is 4.74. The maximum atomic E-state index is 4.99. The predicted molar refractivity (Wildman–Crippen MR) is 146 cm³/mol. The Morgan fingerprint density at radius 1 is 0.882 bits per heavy atom. The molecule has 2 aliphatic rings. The van der Waals surface area contributed by atoms with Gasteiger partial charge in [-0.2, -0.15) is 0 Å². The Morgan fingerprint density at radius 3 is 2.56 bits per heavy atom. The van der Waals surface area contributed by atoms with Gasteiger partial charge in [0.15, 0.2) is 0 Å². The highest BCUT2D eigenvalue weighted by atomic mass is 32.2. The van der Waals surface area contributed by atoms with E-state index in [0.717, 1.165) is 11.6 Å². The van der Waals surface area contributed by atoms with Crippen molar-refractivity contribution in [2.45, 2.75) is 61.7 Å². The SMILES string of the molecule is CC(C)c1c2c(cc3ccccc13)-c1nccc3c1c(cc1ccc(CC4CCCC4)cc13)S2. The summed E-state index contributed by atoms with van der Waals surface area (Å²) in [6.45, 7) is 4.64. The molecule has 2 heteroatoms. The zero-order chi connectivity index (χ0) is 22.8. The molecule has 0 radical (unpaired) electrons. The van der Waals surface area contributed by atoms with Crippen LogP contribution in [0.4, 0.5) is 0 Å². The maximum absolute atomic E-state index is 4.99. The van der Waals surface area contributed by atoms with Crippen molar-refractivity contribution in [3.05, 3.63) is 78.0 Å². The topological polar surface area (TPSA) is 12.9 Å². The van der Waals surface area contributed by atoms with Gasteiger partial charge in [-0.1, -0.05) is 93.8 Å². The minimum Gasteiger partial charge on any atom is -0.256 e. The first-order valence-corrected chi connectivity index (χ1v) is 13.6. The van der Waals surface area contributed by atoms with E-state index in [1.165, 1.54) is 90.9 Å². The number of benzene rings is 4. The van der Waals surface area contributed by atoms with E-state index in [9.17, 15) is 0 Å². The average molecular weight is 460 g/mol. The first-order valence-electron chi connectivity index (χ1n) is 12.8. The summed E-state index contributed by atoms with van der Waals surface area (Å²) in [6, 6.07) is 23.1. The van der Waals surface area contributed by atoms with Crippen molar-refractivity contribution < 1.29 is 0 Å². The van der Waals surface area contributed by atoms with E-state index < -0.39 is 0 Å². The Labute approximate surface area is 205 Å². The van der Waals surface area contributed by atoms with Gasteiger partial charge in [0.2, 0.25) is 0 Å². The molecule has 0 atom stereocenters. The van der Waals surface area contributed by atoms with Gasteiger partial charge in [0.1, 0.15) is 0 Å². The molecule has 0 N–H and O–H groups in total. The van der Waals surface area contributed by atoms with Crippen molar-refractivity contribution in [1.82, 2.24) is 4.98 Å². The van der Waals surface area contributed by atoms with Crippen molar-refractivity contribution in [3.63, 3.8) is 0 Å². The molecular formula is C32H29NS. The number of nitrogens with zero attached hydrogens (tertiary/aromatic N) is 1. The lowest BCUT2D eigenvalue weighted by atomic mass is 9.90. The van der Waals surface area contributed by atoms with Crippen LogP contribution < -0.4 is 0 Å². The monoisotopic (exact) mass is 459 g/mol. The molecule has 0 spiro atoms. The Hall–Kier alpha value is -2.84. The molecule has 0 unspecified atom stereocenters. The maximum Gasteiger partial charge on any atom is 0.0803 e. The minimum absolute atomic E-state index is 0.451. The number of pyridine rings is 1. The first kappa shape index (κ1) is 20.5. The minimum atomic E-state index is 0.451. The van der Waals surface area contributed by atoms with Gasteiger partial charge < -0.3 is 0 Å². The number of hydrogen-bond donors (Lipinski definition) is 0. The lowest BCUT2D eigenvalue weighted by molar-refractivity contribution is 0.547.